The third kappa shape index (κ3) is 3.67. The Balaban J connectivity index is 3.23. The van der Waals surface area contributed by atoms with Crippen molar-refractivity contribution < 1.29 is 19.9 Å². The van der Waals surface area contributed by atoms with Gasteiger partial charge in [0.1, 0.15) is 0 Å². The first kappa shape index (κ1) is 15.9. The van der Waals surface area contributed by atoms with Crippen molar-refractivity contribution in [2.24, 2.45) is 0 Å². The van der Waals surface area contributed by atoms with Gasteiger partial charge in [0, 0.05) is 25.3 Å². The minimum Gasteiger partial charge on any atom is -0.478 e. The molecule has 1 aromatic carbocycles. The SMILES string of the molecule is Cc1c(N(C)CCC(C)O)cc(C(=O)O)cc1[N+](=O)[O-]. The quantitative estimate of drug-likeness (QED) is 0.609. The summed E-state index contributed by atoms with van der Waals surface area (Å²) in [6, 6.07) is 2.47. The second-order valence-corrected chi connectivity index (χ2v) is 4.76. The predicted octanol–water partition coefficient (Wildman–Crippen LogP) is 1.81. The molecule has 110 valence electrons. The number of anilines is 1. The Hall–Kier alpha value is -2.15. The lowest BCUT2D eigenvalue weighted by Crippen LogP contribution is -2.23. The van der Waals surface area contributed by atoms with E-state index in [1.54, 1.807) is 25.8 Å². The van der Waals surface area contributed by atoms with Gasteiger partial charge in [0.05, 0.1) is 22.2 Å². The summed E-state index contributed by atoms with van der Waals surface area (Å²) < 4.78 is 0. The average molecular weight is 282 g/mol. The first-order valence-corrected chi connectivity index (χ1v) is 6.15. The summed E-state index contributed by atoms with van der Waals surface area (Å²) >= 11 is 0. The highest BCUT2D eigenvalue weighted by Gasteiger charge is 2.20. The van der Waals surface area contributed by atoms with E-state index in [0.29, 0.717) is 24.2 Å². The number of hydrogen-bond acceptors (Lipinski definition) is 5. The Morgan fingerprint density at radius 1 is 1.50 bits per heavy atom. The van der Waals surface area contributed by atoms with Crippen LogP contribution in [0.5, 0.6) is 0 Å². The van der Waals surface area contributed by atoms with Crippen LogP contribution in [0.15, 0.2) is 12.1 Å². The van der Waals surface area contributed by atoms with Crippen LogP contribution in [-0.2, 0) is 0 Å². The Kier molecular flexibility index (Phi) is 5.04. The molecular weight excluding hydrogens is 264 g/mol. The van der Waals surface area contributed by atoms with Crippen LogP contribution in [0.25, 0.3) is 0 Å². The van der Waals surface area contributed by atoms with Crippen LogP contribution in [0.2, 0.25) is 0 Å². The van der Waals surface area contributed by atoms with E-state index in [-0.39, 0.29) is 11.3 Å². The number of carbonyl (C=O) groups is 1. The second kappa shape index (κ2) is 6.33. The van der Waals surface area contributed by atoms with E-state index in [1.807, 2.05) is 0 Å². The lowest BCUT2D eigenvalue weighted by molar-refractivity contribution is -0.385. The second-order valence-electron chi connectivity index (χ2n) is 4.76. The Labute approximate surface area is 116 Å². The molecular formula is C13H18N2O5. The minimum absolute atomic E-state index is 0.124. The zero-order chi connectivity index (χ0) is 15.4. The van der Waals surface area contributed by atoms with Crippen LogP contribution in [0.3, 0.4) is 0 Å². The highest BCUT2D eigenvalue weighted by Crippen LogP contribution is 2.30. The van der Waals surface area contributed by atoms with Crippen molar-refractivity contribution >= 4 is 17.3 Å². The van der Waals surface area contributed by atoms with Gasteiger partial charge < -0.3 is 15.1 Å². The molecule has 0 aromatic heterocycles. The molecule has 0 fully saturated rings. The summed E-state index contributed by atoms with van der Waals surface area (Å²) in [6.07, 6.45) is -0.00323. The standard InChI is InChI=1S/C13H18N2O5/c1-8(16)4-5-14(3)11-6-10(13(17)18)7-12(9(11)2)15(19)20/h6-8,16H,4-5H2,1-3H3,(H,17,18). The number of aliphatic hydroxyl groups excluding tert-OH is 1. The van der Waals surface area contributed by atoms with Gasteiger partial charge in [0.25, 0.3) is 5.69 Å². The summed E-state index contributed by atoms with van der Waals surface area (Å²) in [7, 11) is 1.71. The fraction of sp³-hybridized carbons (Fsp3) is 0.462. The van der Waals surface area contributed by atoms with Crippen LogP contribution >= 0.6 is 0 Å². The maximum absolute atomic E-state index is 11.0. The molecule has 0 aliphatic heterocycles. The smallest absolute Gasteiger partial charge is 0.336 e. The fourth-order valence-electron chi connectivity index (χ4n) is 1.89. The molecule has 2 N–H and O–H groups in total. The third-order valence-corrected chi connectivity index (χ3v) is 3.09. The number of carboxylic acid groups (broad SMARTS) is 1. The summed E-state index contributed by atoms with van der Waals surface area (Å²) in [5, 5.41) is 29.3. The number of aliphatic hydroxyl groups is 1. The van der Waals surface area contributed by atoms with Gasteiger partial charge in [0.15, 0.2) is 0 Å². The molecule has 0 heterocycles. The number of carboxylic acids is 1. The normalized spacial score (nSPS) is 12.0. The molecule has 0 amide bonds. The Bertz CT molecular complexity index is 528. The number of rotatable bonds is 6. The van der Waals surface area contributed by atoms with E-state index >= 15 is 0 Å². The van der Waals surface area contributed by atoms with Crippen molar-refractivity contribution in [1.82, 2.24) is 0 Å². The lowest BCUT2D eigenvalue weighted by Gasteiger charge is -2.22. The molecule has 0 saturated heterocycles. The monoisotopic (exact) mass is 282 g/mol. The van der Waals surface area contributed by atoms with E-state index in [0.717, 1.165) is 6.07 Å². The van der Waals surface area contributed by atoms with Gasteiger partial charge in [-0.05, 0) is 26.3 Å². The molecule has 1 rings (SSSR count). The van der Waals surface area contributed by atoms with Crippen LogP contribution in [-0.4, -0.2) is 40.8 Å². The van der Waals surface area contributed by atoms with Gasteiger partial charge in [0.2, 0.25) is 0 Å². The number of hydrogen-bond donors (Lipinski definition) is 2. The summed E-state index contributed by atoms with van der Waals surface area (Å²) in [6.45, 7) is 3.70. The average Bonchev–Trinajstić information content (AvgIpc) is 2.35. The first-order valence-electron chi connectivity index (χ1n) is 6.15. The molecule has 0 aliphatic carbocycles. The van der Waals surface area contributed by atoms with Gasteiger partial charge in [-0.15, -0.1) is 0 Å². The molecule has 0 aliphatic rings. The number of nitro groups is 1. The summed E-state index contributed by atoms with van der Waals surface area (Å²) in [4.78, 5) is 23.2. The van der Waals surface area contributed by atoms with Crippen molar-refractivity contribution in [3.05, 3.63) is 33.4 Å². The number of aromatic carboxylic acids is 1. The molecule has 0 radical (unpaired) electrons. The van der Waals surface area contributed by atoms with Crippen molar-refractivity contribution in [2.45, 2.75) is 26.4 Å². The van der Waals surface area contributed by atoms with E-state index in [4.69, 9.17) is 5.11 Å². The van der Waals surface area contributed by atoms with Crippen LogP contribution < -0.4 is 4.90 Å². The molecule has 0 spiro atoms. The van der Waals surface area contributed by atoms with Crippen LogP contribution in [0.4, 0.5) is 11.4 Å². The number of benzene rings is 1. The minimum atomic E-state index is -1.21. The van der Waals surface area contributed by atoms with Crippen molar-refractivity contribution in [3.63, 3.8) is 0 Å². The Morgan fingerprint density at radius 3 is 2.55 bits per heavy atom. The molecule has 7 heteroatoms. The Morgan fingerprint density at radius 2 is 2.10 bits per heavy atom. The maximum Gasteiger partial charge on any atom is 0.336 e. The fourth-order valence-corrected chi connectivity index (χ4v) is 1.89. The number of nitro benzene ring substituents is 1. The predicted molar refractivity (Wildman–Crippen MR) is 74.4 cm³/mol. The molecule has 0 bridgehead atoms. The zero-order valence-corrected chi connectivity index (χ0v) is 11.7. The topological polar surface area (TPSA) is 104 Å². The molecule has 7 nitrogen and oxygen atoms in total. The van der Waals surface area contributed by atoms with Crippen LogP contribution in [0.1, 0.15) is 29.3 Å². The molecule has 0 saturated carbocycles. The zero-order valence-electron chi connectivity index (χ0n) is 11.7. The molecule has 1 atom stereocenters. The molecule has 1 unspecified atom stereocenters. The van der Waals surface area contributed by atoms with Crippen LogP contribution in [0, 0.1) is 17.0 Å². The first-order chi connectivity index (χ1) is 9.23. The van der Waals surface area contributed by atoms with Crippen molar-refractivity contribution in [2.75, 3.05) is 18.5 Å². The van der Waals surface area contributed by atoms with Gasteiger partial charge in [-0.1, -0.05) is 0 Å². The van der Waals surface area contributed by atoms with E-state index < -0.39 is 17.0 Å². The largest absolute Gasteiger partial charge is 0.478 e. The van der Waals surface area contributed by atoms with Gasteiger partial charge in [-0.2, -0.15) is 0 Å². The van der Waals surface area contributed by atoms with E-state index in [2.05, 4.69) is 0 Å². The van der Waals surface area contributed by atoms with Gasteiger partial charge in [-0.3, -0.25) is 10.1 Å². The van der Waals surface area contributed by atoms with E-state index in [9.17, 15) is 20.0 Å². The maximum atomic E-state index is 11.0. The highest BCUT2D eigenvalue weighted by molar-refractivity contribution is 5.90. The van der Waals surface area contributed by atoms with Crippen molar-refractivity contribution in [1.29, 1.82) is 0 Å². The summed E-state index contributed by atoms with van der Waals surface area (Å²) in [5.74, 6) is -1.21. The van der Waals surface area contributed by atoms with Gasteiger partial charge in [-0.25, -0.2) is 4.79 Å². The van der Waals surface area contributed by atoms with Gasteiger partial charge >= 0.3 is 5.97 Å². The van der Waals surface area contributed by atoms with E-state index in [1.165, 1.54) is 6.07 Å². The molecule has 1 aromatic rings. The lowest BCUT2D eigenvalue weighted by atomic mass is 10.1. The summed E-state index contributed by atoms with van der Waals surface area (Å²) in [5.41, 5.74) is 0.551. The molecule has 20 heavy (non-hydrogen) atoms. The van der Waals surface area contributed by atoms with Crippen molar-refractivity contribution in [3.8, 4) is 0 Å². The highest BCUT2D eigenvalue weighted by atomic mass is 16.6. The number of nitrogens with zero attached hydrogens (tertiary/aromatic N) is 2. The third-order valence-electron chi connectivity index (χ3n) is 3.09.